The topological polar surface area (TPSA) is 38.9 Å². The Kier molecular flexibility index (Phi) is 2.38. The summed E-state index contributed by atoms with van der Waals surface area (Å²) < 4.78 is 24.4. The fourth-order valence-electron chi connectivity index (χ4n) is 0.664. The third-order valence-corrected chi connectivity index (χ3v) is 1.49. The van der Waals surface area contributed by atoms with E-state index in [0.717, 1.165) is 6.07 Å². The van der Waals surface area contributed by atoms with Crippen LogP contribution in [0.2, 0.25) is 0 Å². The number of halogens is 3. The molecule has 0 amide bonds. The zero-order valence-electron chi connectivity index (χ0n) is 5.39. The lowest BCUT2D eigenvalue weighted by atomic mass is 10.3. The third kappa shape index (κ3) is 2.11. The Hall–Kier alpha value is -0.710. The first-order valence-corrected chi connectivity index (χ1v) is 3.60. The van der Waals surface area contributed by atoms with Crippen LogP contribution in [0.3, 0.4) is 0 Å². The zero-order valence-corrected chi connectivity index (χ0v) is 6.98. The Morgan fingerprint density at radius 3 is 2.55 bits per heavy atom. The van der Waals surface area contributed by atoms with Gasteiger partial charge in [0.05, 0.1) is 0 Å². The highest BCUT2D eigenvalue weighted by molar-refractivity contribution is 9.10. The number of hydrogen-bond donors (Lipinski definition) is 1. The highest BCUT2D eigenvalue weighted by Gasteiger charge is 2.08. The van der Waals surface area contributed by atoms with Gasteiger partial charge in [0.25, 0.3) is 6.43 Å². The number of rotatable bonds is 1. The minimum absolute atomic E-state index is 0.0923. The lowest BCUT2D eigenvalue weighted by molar-refractivity contribution is 0.151. The van der Waals surface area contributed by atoms with Crippen LogP contribution in [0.1, 0.15) is 12.0 Å². The smallest absolute Gasteiger partial charge is 0.264 e. The standard InChI is InChI=1S/C6H5BrF2N2/c7-4-1-3(6(8)9)2-5(10)11-4/h1-2,6H,(H2,10,11). The number of pyridine rings is 1. The molecule has 11 heavy (non-hydrogen) atoms. The van der Waals surface area contributed by atoms with Crippen LogP contribution in [-0.4, -0.2) is 4.98 Å². The Bertz CT molecular complexity index is 245. The molecule has 0 saturated heterocycles. The zero-order chi connectivity index (χ0) is 8.43. The van der Waals surface area contributed by atoms with Gasteiger partial charge in [-0.2, -0.15) is 0 Å². The third-order valence-electron chi connectivity index (χ3n) is 1.09. The van der Waals surface area contributed by atoms with Gasteiger partial charge in [-0.25, -0.2) is 13.8 Å². The predicted octanol–water partition coefficient (Wildman–Crippen LogP) is 2.36. The summed E-state index contributed by atoms with van der Waals surface area (Å²) in [7, 11) is 0. The van der Waals surface area contributed by atoms with Gasteiger partial charge in [0.2, 0.25) is 0 Å². The van der Waals surface area contributed by atoms with Crippen molar-refractivity contribution in [2.24, 2.45) is 0 Å². The fraction of sp³-hybridized carbons (Fsp3) is 0.167. The van der Waals surface area contributed by atoms with Crippen LogP contribution in [0.25, 0.3) is 0 Å². The Morgan fingerprint density at radius 2 is 2.09 bits per heavy atom. The summed E-state index contributed by atoms with van der Waals surface area (Å²) in [5, 5.41) is 0. The predicted molar refractivity (Wildman–Crippen MR) is 41.3 cm³/mol. The largest absolute Gasteiger partial charge is 0.384 e. The van der Waals surface area contributed by atoms with Crippen molar-refractivity contribution >= 4 is 21.7 Å². The van der Waals surface area contributed by atoms with E-state index >= 15 is 0 Å². The molecule has 0 aliphatic heterocycles. The first-order chi connectivity index (χ1) is 5.09. The van der Waals surface area contributed by atoms with Crippen molar-refractivity contribution in [3.05, 3.63) is 22.3 Å². The van der Waals surface area contributed by atoms with Crippen LogP contribution in [0.4, 0.5) is 14.6 Å². The second-order valence-corrected chi connectivity index (χ2v) is 2.76. The molecule has 1 aromatic heterocycles. The molecule has 0 aliphatic carbocycles. The van der Waals surface area contributed by atoms with E-state index in [2.05, 4.69) is 20.9 Å². The van der Waals surface area contributed by atoms with E-state index in [9.17, 15) is 8.78 Å². The van der Waals surface area contributed by atoms with Gasteiger partial charge < -0.3 is 5.73 Å². The van der Waals surface area contributed by atoms with Crippen molar-refractivity contribution in [2.75, 3.05) is 5.73 Å². The highest BCUT2D eigenvalue weighted by atomic mass is 79.9. The van der Waals surface area contributed by atoms with Crippen LogP contribution >= 0.6 is 15.9 Å². The summed E-state index contributed by atoms with van der Waals surface area (Å²) in [6.07, 6.45) is -2.50. The van der Waals surface area contributed by atoms with Gasteiger partial charge in [-0.15, -0.1) is 0 Å². The van der Waals surface area contributed by atoms with Gasteiger partial charge in [0.15, 0.2) is 0 Å². The SMILES string of the molecule is Nc1cc(C(F)F)cc(Br)n1. The lowest BCUT2D eigenvalue weighted by Gasteiger charge is -2.00. The maximum atomic E-state index is 12.0. The molecule has 0 bridgehead atoms. The summed E-state index contributed by atoms with van der Waals surface area (Å²) in [6.45, 7) is 0. The van der Waals surface area contributed by atoms with Crippen molar-refractivity contribution in [3.8, 4) is 0 Å². The second kappa shape index (κ2) is 3.13. The van der Waals surface area contributed by atoms with Gasteiger partial charge >= 0.3 is 0 Å². The quantitative estimate of drug-likeness (QED) is 0.742. The van der Waals surface area contributed by atoms with Gasteiger partial charge in [-0.3, -0.25) is 0 Å². The molecular weight excluding hydrogens is 218 g/mol. The van der Waals surface area contributed by atoms with E-state index in [0.29, 0.717) is 4.60 Å². The van der Waals surface area contributed by atoms with Crippen LogP contribution in [0, 0.1) is 0 Å². The van der Waals surface area contributed by atoms with Crippen molar-refractivity contribution < 1.29 is 8.78 Å². The normalized spacial score (nSPS) is 10.5. The molecule has 60 valence electrons. The van der Waals surface area contributed by atoms with E-state index in [1.54, 1.807) is 0 Å². The Labute approximate surface area is 70.6 Å². The first kappa shape index (κ1) is 8.39. The molecular formula is C6H5BrF2N2. The van der Waals surface area contributed by atoms with Gasteiger partial charge in [-0.1, -0.05) is 0 Å². The molecule has 0 aromatic carbocycles. The minimum atomic E-state index is -2.50. The first-order valence-electron chi connectivity index (χ1n) is 2.80. The average Bonchev–Trinajstić information content (AvgIpc) is 1.85. The van der Waals surface area contributed by atoms with Gasteiger partial charge in [0.1, 0.15) is 10.4 Å². The highest BCUT2D eigenvalue weighted by Crippen LogP contribution is 2.22. The van der Waals surface area contributed by atoms with E-state index in [1.807, 2.05) is 0 Å². The van der Waals surface area contributed by atoms with Crippen molar-refractivity contribution in [1.29, 1.82) is 0 Å². The molecule has 1 aromatic rings. The summed E-state index contributed by atoms with van der Waals surface area (Å²) in [6, 6.07) is 2.39. The molecule has 5 heteroatoms. The maximum absolute atomic E-state index is 12.0. The van der Waals surface area contributed by atoms with Crippen molar-refractivity contribution in [3.63, 3.8) is 0 Å². The van der Waals surface area contributed by atoms with Crippen LogP contribution in [0.5, 0.6) is 0 Å². The van der Waals surface area contributed by atoms with Crippen LogP contribution in [0.15, 0.2) is 16.7 Å². The lowest BCUT2D eigenvalue weighted by Crippen LogP contribution is -1.93. The molecule has 2 nitrogen and oxygen atoms in total. The van der Waals surface area contributed by atoms with E-state index in [4.69, 9.17) is 5.73 Å². The number of nitrogens with two attached hydrogens (primary N) is 1. The molecule has 2 N–H and O–H groups in total. The number of nitrogen functional groups attached to an aromatic ring is 1. The fourth-order valence-corrected chi connectivity index (χ4v) is 1.13. The monoisotopic (exact) mass is 222 g/mol. The number of aromatic nitrogens is 1. The van der Waals surface area contributed by atoms with Gasteiger partial charge in [-0.05, 0) is 28.1 Å². The molecule has 0 aliphatic rings. The van der Waals surface area contributed by atoms with Crippen LogP contribution < -0.4 is 5.73 Å². The van der Waals surface area contributed by atoms with Crippen molar-refractivity contribution in [1.82, 2.24) is 4.98 Å². The molecule has 0 radical (unpaired) electrons. The molecule has 0 saturated carbocycles. The number of alkyl halides is 2. The maximum Gasteiger partial charge on any atom is 0.264 e. The van der Waals surface area contributed by atoms with Crippen molar-refractivity contribution in [2.45, 2.75) is 6.43 Å². The second-order valence-electron chi connectivity index (χ2n) is 1.95. The summed E-state index contributed by atoms with van der Waals surface area (Å²) in [5.74, 6) is 0.0923. The summed E-state index contributed by atoms with van der Waals surface area (Å²) >= 11 is 2.96. The van der Waals surface area contributed by atoms with E-state index in [-0.39, 0.29) is 11.4 Å². The number of nitrogens with zero attached hydrogens (tertiary/aromatic N) is 1. The molecule has 1 rings (SSSR count). The summed E-state index contributed by atoms with van der Waals surface area (Å²) in [4.78, 5) is 3.68. The van der Waals surface area contributed by atoms with Gasteiger partial charge in [0, 0.05) is 5.56 Å². The minimum Gasteiger partial charge on any atom is -0.384 e. The van der Waals surface area contributed by atoms with E-state index < -0.39 is 6.43 Å². The average molecular weight is 223 g/mol. The Morgan fingerprint density at radius 1 is 1.45 bits per heavy atom. The molecule has 0 fully saturated rings. The Balaban J connectivity index is 3.08. The molecule has 0 unspecified atom stereocenters. The summed E-state index contributed by atoms with van der Waals surface area (Å²) in [5.41, 5.74) is 5.10. The molecule has 1 heterocycles. The van der Waals surface area contributed by atoms with Crippen LogP contribution in [-0.2, 0) is 0 Å². The number of hydrogen-bond acceptors (Lipinski definition) is 2. The number of anilines is 1. The van der Waals surface area contributed by atoms with E-state index in [1.165, 1.54) is 6.07 Å². The molecule has 0 spiro atoms. The molecule has 0 atom stereocenters.